The SMILES string of the molecule is COc1cc2c(cc1OC)C(c1ccc3c(c1)OCO3)C(CO[C@@H]1OC[C@@H](O)C[C@H]1O)[C@@H](CO)C2. The van der Waals surface area contributed by atoms with Gasteiger partial charge in [-0.3, -0.25) is 0 Å². The fraction of sp³-hybridized carbons (Fsp3) is 0.538. The Kier molecular flexibility index (Phi) is 7.04. The van der Waals surface area contributed by atoms with Crippen LogP contribution in [-0.4, -0.2) is 74.7 Å². The van der Waals surface area contributed by atoms with E-state index in [-0.39, 0.29) is 50.8 Å². The average Bonchev–Trinajstić information content (AvgIpc) is 3.34. The molecule has 9 heteroatoms. The third kappa shape index (κ3) is 4.66. The van der Waals surface area contributed by atoms with Gasteiger partial charge in [-0.1, -0.05) is 6.07 Å². The molecule has 2 heterocycles. The van der Waals surface area contributed by atoms with Gasteiger partial charge in [-0.2, -0.15) is 0 Å². The number of fused-ring (bicyclic) bond motifs is 2. The molecule has 0 aromatic heterocycles. The Morgan fingerprint density at radius 2 is 1.77 bits per heavy atom. The van der Waals surface area contributed by atoms with Crippen LogP contribution in [0.4, 0.5) is 0 Å². The number of rotatable bonds is 7. The normalized spacial score (nSPS) is 29.5. The minimum absolute atomic E-state index is 0.0321. The molecule has 190 valence electrons. The second kappa shape index (κ2) is 10.2. The highest BCUT2D eigenvalue weighted by atomic mass is 16.7. The third-order valence-corrected chi connectivity index (χ3v) is 7.22. The molecule has 1 fully saturated rings. The Hall–Kier alpha value is -2.56. The Bertz CT molecular complexity index is 1040. The first-order valence-electron chi connectivity index (χ1n) is 11.9. The van der Waals surface area contributed by atoms with Crippen LogP contribution in [0.5, 0.6) is 23.0 Å². The molecule has 35 heavy (non-hydrogen) atoms. The van der Waals surface area contributed by atoms with E-state index in [0.717, 1.165) is 16.7 Å². The quantitative estimate of drug-likeness (QED) is 0.537. The van der Waals surface area contributed by atoms with Crippen LogP contribution in [0, 0.1) is 11.8 Å². The maximum atomic E-state index is 10.4. The summed E-state index contributed by atoms with van der Waals surface area (Å²) in [5.74, 6) is 2.24. The first-order valence-corrected chi connectivity index (χ1v) is 11.9. The van der Waals surface area contributed by atoms with Crippen molar-refractivity contribution in [2.75, 3.05) is 40.8 Å². The molecule has 1 aliphatic carbocycles. The number of hydrogen-bond acceptors (Lipinski definition) is 9. The lowest BCUT2D eigenvalue weighted by atomic mass is 9.67. The van der Waals surface area contributed by atoms with Gasteiger partial charge in [-0.05, 0) is 59.2 Å². The molecule has 2 aromatic rings. The van der Waals surface area contributed by atoms with Gasteiger partial charge in [-0.15, -0.1) is 0 Å². The molecule has 9 nitrogen and oxygen atoms in total. The number of methoxy groups -OCH3 is 2. The summed E-state index contributed by atoms with van der Waals surface area (Å²) in [5.41, 5.74) is 3.12. The number of aliphatic hydroxyl groups is 3. The van der Waals surface area contributed by atoms with Gasteiger partial charge in [0.05, 0.1) is 33.5 Å². The van der Waals surface area contributed by atoms with Crippen molar-refractivity contribution >= 4 is 0 Å². The molecule has 2 aromatic carbocycles. The zero-order chi connectivity index (χ0) is 24.5. The molecule has 5 rings (SSSR count). The molecule has 0 amide bonds. The van der Waals surface area contributed by atoms with E-state index < -0.39 is 18.5 Å². The van der Waals surface area contributed by atoms with Crippen LogP contribution < -0.4 is 18.9 Å². The lowest BCUT2D eigenvalue weighted by molar-refractivity contribution is -0.241. The van der Waals surface area contributed by atoms with Gasteiger partial charge in [-0.25, -0.2) is 0 Å². The zero-order valence-electron chi connectivity index (χ0n) is 19.9. The van der Waals surface area contributed by atoms with Crippen LogP contribution in [-0.2, 0) is 15.9 Å². The molecule has 3 aliphatic rings. The summed E-state index contributed by atoms with van der Waals surface area (Å²) in [7, 11) is 3.21. The highest BCUT2D eigenvalue weighted by Crippen LogP contribution is 2.49. The molecule has 0 radical (unpaired) electrons. The Balaban J connectivity index is 1.53. The molecule has 1 saturated heterocycles. The minimum Gasteiger partial charge on any atom is -0.493 e. The smallest absolute Gasteiger partial charge is 0.231 e. The van der Waals surface area contributed by atoms with Crippen molar-refractivity contribution < 1.29 is 43.7 Å². The molecule has 6 atom stereocenters. The molecular formula is C26H32O9. The minimum atomic E-state index is -0.921. The number of hydrogen-bond donors (Lipinski definition) is 3. The van der Waals surface area contributed by atoms with E-state index in [1.165, 1.54) is 0 Å². The standard InChI is InChI=1S/C26H32O9/c1-30-22-7-15-5-16(10-27)19(12-33-26-20(29)8-17(28)11-32-26)25(18(15)9-23(22)31-2)14-3-4-21-24(6-14)35-13-34-21/h3-4,6-7,9,16-17,19-20,25-29H,5,8,10-13H2,1-2H3/t16-,17+,19?,20-,25?,26+/m1/s1. The predicted octanol–water partition coefficient (Wildman–Crippen LogP) is 1.83. The summed E-state index contributed by atoms with van der Waals surface area (Å²) >= 11 is 0. The third-order valence-electron chi connectivity index (χ3n) is 7.22. The van der Waals surface area contributed by atoms with Crippen LogP contribution in [0.3, 0.4) is 0 Å². The zero-order valence-corrected chi connectivity index (χ0v) is 19.9. The van der Waals surface area contributed by atoms with Gasteiger partial charge < -0.3 is 43.7 Å². The van der Waals surface area contributed by atoms with Crippen molar-refractivity contribution in [2.24, 2.45) is 11.8 Å². The molecule has 2 aliphatic heterocycles. The first kappa shape index (κ1) is 24.1. The topological polar surface area (TPSA) is 116 Å². The van der Waals surface area contributed by atoms with Gasteiger partial charge in [0.2, 0.25) is 6.79 Å². The molecule has 3 N–H and O–H groups in total. The van der Waals surface area contributed by atoms with Crippen molar-refractivity contribution in [3.63, 3.8) is 0 Å². The lowest BCUT2D eigenvalue weighted by Crippen LogP contribution is -2.44. The van der Waals surface area contributed by atoms with E-state index in [9.17, 15) is 15.3 Å². The fourth-order valence-corrected chi connectivity index (χ4v) is 5.45. The first-order chi connectivity index (χ1) is 17.0. The molecule has 0 saturated carbocycles. The fourth-order valence-electron chi connectivity index (χ4n) is 5.45. The average molecular weight is 489 g/mol. The second-order valence-electron chi connectivity index (χ2n) is 9.30. The Morgan fingerprint density at radius 3 is 2.51 bits per heavy atom. The Morgan fingerprint density at radius 1 is 1.00 bits per heavy atom. The summed E-state index contributed by atoms with van der Waals surface area (Å²) in [5, 5.41) is 30.5. The van der Waals surface area contributed by atoms with E-state index in [0.29, 0.717) is 29.4 Å². The van der Waals surface area contributed by atoms with Crippen molar-refractivity contribution in [2.45, 2.75) is 37.3 Å². The maximum absolute atomic E-state index is 10.4. The van der Waals surface area contributed by atoms with Gasteiger partial charge in [0.15, 0.2) is 29.3 Å². The molecule has 0 bridgehead atoms. The molecular weight excluding hydrogens is 456 g/mol. The highest BCUT2D eigenvalue weighted by Gasteiger charge is 2.40. The van der Waals surface area contributed by atoms with Crippen molar-refractivity contribution in [1.29, 1.82) is 0 Å². The van der Waals surface area contributed by atoms with E-state index >= 15 is 0 Å². The van der Waals surface area contributed by atoms with E-state index in [1.807, 2.05) is 30.3 Å². The summed E-state index contributed by atoms with van der Waals surface area (Å²) < 4.78 is 33.9. The highest BCUT2D eigenvalue weighted by molar-refractivity contribution is 5.54. The van der Waals surface area contributed by atoms with E-state index in [1.54, 1.807) is 14.2 Å². The second-order valence-corrected chi connectivity index (χ2v) is 9.30. The number of ether oxygens (including phenoxy) is 6. The van der Waals surface area contributed by atoms with Crippen molar-refractivity contribution in [1.82, 2.24) is 0 Å². The number of aliphatic hydroxyl groups excluding tert-OH is 3. The lowest BCUT2D eigenvalue weighted by Gasteiger charge is -2.41. The molecule has 2 unspecified atom stereocenters. The monoisotopic (exact) mass is 488 g/mol. The predicted molar refractivity (Wildman–Crippen MR) is 124 cm³/mol. The van der Waals surface area contributed by atoms with Gasteiger partial charge >= 0.3 is 0 Å². The van der Waals surface area contributed by atoms with Crippen LogP contribution in [0.25, 0.3) is 0 Å². The Labute approximate surface area is 204 Å². The van der Waals surface area contributed by atoms with Gasteiger partial charge in [0.1, 0.15) is 6.10 Å². The largest absolute Gasteiger partial charge is 0.493 e. The van der Waals surface area contributed by atoms with Crippen LogP contribution >= 0.6 is 0 Å². The summed E-state index contributed by atoms with van der Waals surface area (Å²) in [6.07, 6.45) is -1.63. The van der Waals surface area contributed by atoms with Gasteiger partial charge in [0.25, 0.3) is 0 Å². The molecule has 0 spiro atoms. The van der Waals surface area contributed by atoms with E-state index in [4.69, 9.17) is 28.4 Å². The summed E-state index contributed by atoms with van der Waals surface area (Å²) in [6, 6.07) is 9.85. The van der Waals surface area contributed by atoms with Crippen LogP contribution in [0.1, 0.15) is 29.0 Å². The van der Waals surface area contributed by atoms with Crippen LogP contribution in [0.15, 0.2) is 30.3 Å². The van der Waals surface area contributed by atoms with Crippen molar-refractivity contribution in [3.05, 3.63) is 47.0 Å². The van der Waals surface area contributed by atoms with Crippen LogP contribution in [0.2, 0.25) is 0 Å². The summed E-state index contributed by atoms with van der Waals surface area (Å²) in [4.78, 5) is 0. The maximum Gasteiger partial charge on any atom is 0.231 e. The number of benzene rings is 2. The summed E-state index contributed by atoms with van der Waals surface area (Å²) in [6.45, 7) is 0.506. The van der Waals surface area contributed by atoms with Crippen molar-refractivity contribution in [3.8, 4) is 23.0 Å². The van der Waals surface area contributed by atoms with E-state index in [2.05, 4.69) is 0 Å². The van der Waals surface area contributed by atoms with Gasteiger partial charge in [0, 0.05) is 18.9 Å².